The predicted molar refractivity (Wildman–Crippen MR) is 106 cm³/mol. The molecule has 0 aromatic heterocycles. The van der Waals surface area contributed by atoms with Crippen LogP contribution in [0.1, 0.15) is 40.5 Å². The molecule has 0 aromatic rings. The summed E-state index contributed by atoms with van der Waals surface area (Å²) in [6, 6.07) is 1.09. The van der Waals surface area contributed by atoms with Crippen LogP contribution in [0.5, 0.6) is 0 Å². The summed E-state index contributed by atoms with van der Waals surface area (Å²) in [5.74, 6) is 1.35. The van der Waals surface area contributed by atoms with Crippen molar-refractivity contribution < 1.29 is 21.4 Å². The zero-order valence-corrected chi connectivity index (χ0v) is 20.2. The molecule has 0 saturated heterocycles. The topological polar surface area (TPSA) is 14.1 Å². The van der Waals surface area contributed by atoms with Gasteiger partial charge < -0.3 is 12.4 Å². The zero-order valence-electron chi connectivity index (χ0n) is 16.1. The van der Waals surface area contributed by atoms with Crippen molar-refractivity contribution in [3.63, 3.8) is 0 Å². The summed E-state index contributed by atoms with van der Waals surface area (Å²) in [6.45, 7) is 13.5. The van der Waals surface area contributed by atoms with E-state index in [1.807, 2.05) is 0 Å². The van der Waals surface area contributed by atoms with E-state index in [1.54, 1.807) is 6.08 Å². The SMILES string of the molecule is CC1CC2C(F)=CC=C(C[Si](C)(C)[N-]C(C)(C)C)C2C1.[CH3-].[Cl][Ti][Cl]. The van der Waals surface area contributed by atoms with Gasteiger partial charge in [-0.15, -0.1) is 5.54 Å². The van der Waals surface area contributed by atoms with Crippen molar-refractivity contribution in [1.29, 1.82) is 0 Å². The molecule has 0 radical (unpaired) electrons. The molecule has 0 amide bonds. The van der Waals surface area contributed by atoms with Crippen molar-refractivity contribution in [2.45, 2.75) is 65.2 Å². The Morgan fingerprint density at radius 2 is 1.71 bits per heavy atom. The molecule has 0 bridgehead atoms. The minimum atomic E-state index is -1.63. The normalized spacial score (nSPS) is 26.3. The van der Waals surface area contributed by atoms with E-state index >= 15 is 0 Å². The van der Waals surface area contributed by atoms with Crippen LogP contribution in [0.3, 0.4) is 0 Å². The molecule has 0 N–H and O–H groups in total. The number of fused-ring (bicyclic) bond motifs is 1. The van der Waals surface area contributed by atoms with Gasteiger partial charge in [-0.2, -0.15) is 0 Å². The van der Waals surface area contributed by atoms with Crippen LogP contribution in [-0.2, 0) is 17.0 Å². The van der Waals surface area contributed by atoms with Gasteiger partial charge in [0.2, 0.25) is 0 Å². The van der Waals surface area contributed by atoms with Gasteiger partial charge in [-0.3, -0.25) is 0 Å². The first kappa shape index (κ1) is 24.9. The molecule has 24 heavy (non-hydrogen) atoms. The molecule has 140 valence electrons. The van der Waals surface area contributed by atoms with Crippen LogP contribution >= 0.6 is 18.6 Å². The fourth-order valence-electron chi connectivity index (χ4n) is 4.08. The number of halogens is 3. The molecule has 1 nitrogen and oxygen atoms in total. The van der Waals surface area contributed by atoms with Crippen molar-refractivity contribution >= 4 is 26.8 Å². The second-order valence-corrected chi connectivity index (χ2v) is 15.2. The molecular weight excluding hydrogens is 396 g/mol. The Balaban J connectivity index is 0.00000123. The maximum absolute atomic E-state index is 14.0. The van der Waals surface area contributed by atoms with E-state index in [0.29, 0.717) is 11.8 Å². The van der Waals surface area contributed by atoms with Crippen molar-refractivity contribution in [2.75, 3.05) is 0 Å². The maximum atomic E-state index is 14.0. The summed E-state index contributed by atoms with van der Waals surface area (Å²) >= 11 is -0.556. The van der Waals surface area contributed by atoms with E-state index < -0.39 is 25.3 Å². The number of hydrogen-bond donors (Lipinski definition) is 0. The van der Waals surface area contributed by atoms with Crippen molar-refractivity contribution in [3.05, 3.63) is 36.0 Å². The standard InChI is InChI=1S/C17H29FNSi.CH3.2ClH.Ti/c1-12-9-14-13(7-8-16(18)15(14)10-12)11-20(5,6)19-17(2,3)4;;;;/h7-8,12,14-15H,9-11H2,1-6H3;1H3;2*1H;/q2*-1;;;+2/p-2. The molecule has 2 aliphatic carbocycles. The van der Waals surface area contributed by atoms with Gasteiger partial charge >= 0.3 is 35.6 Å². The summed E-state index contributed by atoms with van der Waals surface area (Å²) < 4.78 is 14.0. The second kappa shape index (κ2) is 10.3. The van der Waals surface area contributed by atoms with Gasteiger partial charge in [-0.05, 0) is 30.8 Å². The molecule has 1 fully saturated rings. The van der Waals surface area contributed by atoms with E-state index in [-0.39, 0.29) is 24.7 Å². The Kier molecular flexibility index (Phi) is 10.7. The Labute approximate surface area is 166 Å². The Bertz CT molecular complexity index is 460. The quantitative estimate of drug-likeness (QED) is 0.324. The first-order valence-corrected chi connectivity index (χ1v) is 15.7. The number of nitrogens with zero attached hydrogens (tertiary/aromatic N) is 1. The van der Waals surface area contributed by atoms with Crippen LogP contribution in [-0.4, -0.2) is 13.8 Å². The minimum absolute atomic E-state index is 0. The van der Waals surface area contributed by atoms with Crippen molar-refractivity contribution in [3.8, 4) is 0 Å². The molecular formula is C18H32Cl2FNSiTi-2. The molecule has 3 atom stereocenters. The second-order valence-electron chi connectivity index (χ2n) is 8.43. The average Bonchev–Trinajstić information content (AvgIpc) is 2.73. The molecule has 2 rings (SSSR count). The zero-order chi connectivity index (χ0) is 17.8. The molecule has 0 heterocycles. The van der Waals surface area contributed by atoms with Gasteiger partial charge in [0, 0.05) is 5.92 Å². The van der Waals surface area contributed by atoms with Crippen LogP contribution in [0.4, 0.5) is 4.39 Å². The van der Waals surface area contributed by atoms with Crippen LogP contribution in [0.15, 0.2) is 23.6 Å². The number of allylic oxidation sites excluding steroid dienone is 4. The third-order valence-electron chi connectivity index (χ3n) is 4.36. The van der Waals surface area contributed by atoms with Gasteiger partial charge in [0.05, 0.1) is 0 Å². The summed E-state index contributed by atoms with van der Waals surface area (Å²) in [5.41, 5.74) is 1.50. The molecule has 0 aliphatic heterocycles. The molecule has 0 spiro atoms. The van der Waals surface area contributed by atoms with Crippen LogP contribution in [0, 0.1) is 25.2 Å². The Morgan fingerprint density at radius 3 is 2.21 bits per heavy atom. The van der Waals surface area contributed by atoms with Crippen LogP contribution < -0.4 is 0 Å². The molecule has 1 saturated carbocycles. The molecule has 6 heteroatoms. The van der Waals surface area contributed by atoms with Gasteiger partial charge in [-0.25, -0.2) is 4.39 Å². The van der Waals surface area contributed by atoms with Gasteiger partial charge in [0.25, 0.3) is 0 Å². The van der Waals surface area contributed by atoms with Crippen LogP contribution in [0.25, 0.3) is 4.98 Å². The van der Waals surface area contributed by atoms with E-state index in [9.17, 15) is 4.39 Å². The first-order chi connectivity index (χ1) is 10.5. The van der Waals surface area contributed by atoms with E-state index in [0.717, 1.165) is 18.9 Å². The summed E-state index contributed by atoms with van der Waals surface area (Å²) in [4.78, 5) is 5.07. The van der Waals surface area contributed by atoms with Gasteiger partial charge in [0.1, 0.15) is 5.83 Å². The van der Waals surface area contributed by atoms with E-state index in [2.05, 4.69) is 46.9 Å². The van der Waals surface area contributed by atoms with E-state index in [1.165, 1.54) is 5.57 Å². The van der Waals surface area contributed by atoms with Crippen molar-refractivity contribution in [1.82, 2.24) is 0 Å². The molecule has 0 aromatic carbocycles. The predicted octanol–water partition coefficient (Wildman–Crippen LogP) is 7.65. The average molecular weight is 428 g/mol. The Hall–Kier alpha value is 0.881. The third kappa shape index (κ3) is 8.05. The van der Waals surface area contributed by atoms with Crippen molar-refractivity contribution in [2.24, 2.45) is 17.8 Å². The molecule has 2 aliphatic rings. The monoisotopic (exact) mass is 427 g/mol. The molecule has 3 unspecified atom stereocenters. The first-order valence-electron chi connectivity index (χ1n) is 8.25. The van der Waals surface area contributed by atoms with Gasteiger partial charge in [-0.1, -0.05) is 66.7 Å². The summed E-state index contributed by atoms with van der Waals surface area (Å²) in [5, 5.41) is 0. The van der Waals surface area contributed by atoms with Gasteiger partial charge in [0.15, 0.2) is 0 Å². The third-order valence-corrected chi connectivity index (χ3v) is 6.91. The van der Waals surface area contributed by atoms with E-state index in [4.69, 9.17) is 23.6 Å². The Morgan fingerprint density at radius 1 is 1.21 bits per heavy atom. The summed E-state index contributed by atoms with van der Waals surface area (Å²) in [6.07, 6.45) is 5.94. The fraction of sp³-hybridized carbons (Fsp3) is 0.722. The van der Waals surface area contributed by atoms with Crippen LogP contribution in [0.2, 0.25) is 19.1 Å². The fourth-order valence-corrected chi connectivity index (χ4v) is 7.35. The number of hydrogen-bond acceptors (Lipinski definition) is 0. The number of rotatable bonds is 3. The summed E-state index contributed by atoms with van der Waals surface area (Å²) in [7, 11) is 8.15.